The minimum absolute atomic E-state index is 0.159. The molecule has 6 heteroatoms. The van der Waals surface area contributed by atoms with E-state index in [4.69, 9.17) is 10.7 Å². The molecule has 1 fully saturated rings. The first-order valence-electron chi connectivity index (χ1n) is 10.6. The van der Waals surface area contributed by atoms with Crippen LogP contribution in [0.2, 0.25) is 0 Å². The second-order valence-electron chi connectivity index (χ2n) is 8.11. The molecule has 1 aliphatic rings. The Hall–Kier alpha value is -2.83. The highest BCUT2D eigenvalue weighted by Crippen LogP contribution is 2.27. The number of nitrogens with one attached hydrogen (secondary N) is 1. The lowest BCUT2D eigenvalue weighted by Crippen LogP contribution is -2.33. The van der Waals surface area contributed by atoms with E-state index in [1.165, 1.54) is 0 Å². The van der Waals surface area contributed by atoms with Crippen LogP contribution in [0.25, 0.3) is 10.9 Å². The average molecular weight is 405 g/mol. The van der Waals surface area contributed by atoms with Gasteiger partial charge in [-0.2, -0.15) is 0 Å². The van der Waals surface area contributed by atoms with Crippen LogP contribution in [-0.4, -0.2) is 33.6 Å². The number of nitrogens with zero attached hydrogens (tertiary/aromatic N) is 2. The molecule has 0 spiro atoms. The van der Waals surface area contributed by atoms with E-state index in [0.29, 0.717) is 18.0 Å². The summed E-state index contributed by atoms with van der Waals surface area (Å²) >= 11 is 0. The largest absolute Gasteiger partial charge is 0.393 e. The minimum Gasteiger partial charge on any atom is -0.393 e. The van der Waals surface area contributed by atoms with E-state index >= 15 is 0 Å². The van der Waals surface area contributed by atoms with Gasteiger partial charge in [0.25, 0.3) is 5.91 Å². The topological polar surface area (TPSA) is 101 Å². The Bertz CT molecular complexity index is 1000. The third-order valence-corrected chi connectivity index (χ3v) is 5.93. The van der Waals surface area contributed by atoms with E-state index < -0.39 is 0 Å². The lowest BCUT2D eigenvalue weighted by molar-refractivity contribution is 0.0938. The van der Waals surface area contributed by atoms with Gasteiger partial charge in [0.15, 0.2) is 0 Å². The zero-order chi connectivity index (χ0) is 20.9. The van der Waals surface area contributed by atoms with Crippen molar-refractivity contribution in [3.8, 4) is 0 Å². The van der Waals surface area contributed by atoms with Gasteiger partial charge in [0.1, 0.15) is 5.82 Å². The van der Waals surface area contributed by atoms with Gasteiger partial charge in [-0.3, -0.25) is 4.79 Å². The number of fused-ring (bicyclic) bond motifs is 1. The van der Waals surface area contributed by atoms with E-state index in [1.807, 2.05) is 48.7 Å². The molecule has 1 aromatic heterocycles. The van der Waals surface area contributed by atoms with Gasteiger partial charge in [0.2, 0.25) is 0 Å². The maximum absolute atomic E-state index is 12.8. The number of nitrogens with two attached hydrogens (primary N) is 1. The summed E-state index contributed by atoms with van der Waals surface area (Å²) in [6, 6.07) is 15.0. The second-order valence-corrected chi connectivity index (χ2v) is 8.11. The molecule has 1 heterocycles. The van der Waals surface area contributed by atoms with Gasteiger partial charge in [-0.05, 0) is 49.3 Å². The highest BCUT2D eigenvalue weighted by Gasteiger charge is 2.21. The van der Waals surface area contributed by atoms with Crippen LogP contribution in [0.4, 0.5) is 0 Å². The van der Waals surface area contributed by atoms with Gasteiger partial charge in [-0.15, -0.1) is 0 Å². The summed E-state index contributed by atoms with van der Waals surface area (Å²) < 4.78 is 0. The molecule has 0 bridgehead atoms. The number of hydrogen-bond acceptors (Lipinski definition) is 5. The number of amides is 1. The quantitative estimate of drug-likeness (QED) is 0.586. The lowest BCUT2D eigenvalue weighted by atomic mass is 9.85. The van der Waals surface area contributed by atoms with Crippen molar-refractivity contribution in [2.45, 2.75) is 44.2 Å². The van der Waals surface area contributed by atoms with Crippen LogP contribution in [0.1, 0.15) is 53.5 Å². The van der Waals surface area contributed by atoms with Crippen molar-refractivity contribution in [2.24, 2.45) is 11.7 Å². The number of aliphatic hydroxyl groups excluding tert-OH is 1. The molecule has 3 aromatic rings. The molecule has 0 saturated heterocycles. The molecule has 30 heavy (non-hydrogen) atoms. The van der Waals surface area contributed by atoms with Crippen molar-refractivity contribution < 1.29 is 9.90 Å². The number of carbonyl (C=O) groups is 1. The Labute approximate surface area is 176 Å². The summed E-state index contributed by atoms with van der Waals surface area (Å²) in [5.41, 5.74) is 8.20. The van der Waals surface area contributed by atoms with E-state index in [1.54, 1.807) is 6.07 Å². The smallest absolute Gasteiger partial charge is 0.251 e. The molecule has 4 N–H and O–H groups in total. The maximum Gasteiger partial charge on any atom is 0.251 e. The fraction of sp³-hybridized carbons (Fsp3) is 0.375. The van der Waals surface area contributed by atoms with Crippen molar-refractivity contribution in [3.05, 3.63) is 71.7 Å². The third kappa shape index (κ3) is 4.83. The fourth-order valence-electron chi connectivity index (χ4n) is 4.11. The highest BCUT2D eigenvalue weighted by atomic mass is 16.3. The van der Waals surface area contributed by atoms with Crippen LogP contribution in [0.5, 0.6) is 0 Å². The summed E-state index contributed by atoms with van der Waals surface area (Å²) in [7, 11) is 0. The van der Waals surface area contributed by atoms with Crippen LogP contribution in [0.15, 0.2) is 54.7 Å². The predicted octanol–water partition coefficient (Wildman–Crippen LogP) is 3.15. The molecular weight excluding hydrogens is 376 g/mol. The van der Waals surface area contributed by atoms with E-state index in [0.717, 1.165) is 54.4 Å². The van der Waals surface area contributed by atoms with Crippen LogP contribution < -0.4 is 11.1 Å². The minimum atomic E-state index is -0.239. The first kappa shape index (κ1) is 20.4. The highest BCUT2D eigenvalue weighted by molar-refractivity contribution is 5.97. The zero-order valence-electron chi connectivity index (χ0n) is 17.0. The number of hydrogen-bond donors (Lipinski definition) is 3. The first-order chi connectivity index (χ1) is 14.6. The molecule has 1 aliphatic carbocycles. The number of aromatic nitrogens is 2. The summed E-state index contributed by atoms with van der Waals surface area (Å²) in [6.45, 7) is 0.325. The van der Waals surface area contributed by atoms with Crippen LogP contribution in [0.3, 0.4) is 0 Å². The van der Waals surface area contributed by atoms with E-state index in [-0.39, 0.29) is 18.1 Å². The third-order valence-electron chi connectivity index (χ3n) is 5.93. The van der Waals surface area contributed by atoms with Gasteiger partial charge >= 0.3 is 0 Å². The van der Waals surface area contributed by atoms with Crippen molar-refractivity contribution in [2.75, 3.05) is 6.54 Å². The van der Waals surface area contributed by atoms with E-state index in [2.05, 4.69) is 10.3 Å². The fourth-order valence-corrected chi connectivity index (χ4v) is 4.11. The van der Waals surface area contributed by atoms with Crippen LogP contribution in [0, 0.1) is 5.92 Å². The van der Waals surface area contributed by atoms with E-state index in [9.17, 15) is 9.90 Å². The summed E-state index contributed by atoms with van der Waals surface area (Å²) in [5, 5.41) is 13.6. The monoisotopic (exact) mass is 404 g/mol. The molecule has 1 amide bonds. The molecule has 1 saturated carbocycles. The molecule has 1 atom stereocenters. The van der Waals surface area contributed by atoms with Crippen molar-refractivity contribution in [1.29, 1.82) is 0 Å². The van der Waals surface area contributed by atoms with Gasteiger partial charge in [-0.25, -0.2) is 9.97 Å². The first-order valence-corrected chi connectivity index (χ1v) is 10.6. The van der Waals surface area contributed by atoms with Crippen LogP contribution in [-0.2, 0) is 6.42 Å². The number of benzene rings is 2. The van der Waals surface area contributed by atoms with Gasteiger partial charge in [0.05, 0.1) is 17.7 Å². The number of carbonyl (C=O) groups excluding carboxylic acids is 1. The van der Waals surface area contributed by atoms with Gasteiger partial charge < -0.3 is 16.2 Å². The standard InChI is InChI=1S/C24H28N4O2/c25-14-22(17-4-2-1-3-5-17)28-24(30)18-8-9-19-15-26-23(27-21(19)13-18)12-16-6-10-20(29)11-7-16/h1-5,8-9,13,15-16,20,22,29H,6-7,10-12,14,25H2,(H,28,30)/t16?,20?,22-/m1/s1. The SMILES string of the molecule is NC[C@@H](NC(=O)c1ccc2cnc(CC3CCC(O)CC3)nc2c1)c1ccccc1. The molecule has 0 unspecified atom stereocenters. The number of rotatable bonds is 6. The summed E-state index contributed by atoms with van der Waals surface area (Å²) in [4.78, 5) is 22.0. The Morgan fingerprint density at radius 2 is 1.90 bits per heavy atom. The number of aliphatic hydroxyl groups is 1. The maximum atomic E-state index is 12.8. The predicted molar refractivity (Wildman–Crippen MR) is 117 cm³/mol. The molecule has 6 nitrogen and oxygen atoms in total. The van der Waals surface area contributed by atoms with Gasteiger partial charge in [0, 0.05) is 30.1 Å². The Kier molecular flexibility index (Phi) is 6.35. The molecule has 0 aliphatic heterocycles. The normalized spacial score (nSPS) is 20.1. The van der Waals surface area contributed by atoms with Crippen LogP contribution >= 0.6 is 0 Å². The zero-order valence-corrected chi connectivity index (χ0v) is 17.0. The summed E-state index contributed by atoms with van der Waals surface area (Å²) in [5.74, 6) is 1.14. The van der Waals surface area contributed by atoms with Crippen molar-refractivity contribution in [3.63, 3.8) is 0 Å². The average Bonchev–Trinajstić information content (AvgIpc) is 2.79. The summed E-state index contributed by atoms with van der Waals surface area (Å²) in [6.07, 6.45) is 6.19. The van der Waals surface area contributed by atoms with Gasteiger partial charge in [-0.1, -0.05) is 36.4 Å². The molecule has 0 radical (unpaired) electrons. The molecule has 156 valence electrons. The molecular formula is C24H28N4O2. The Morgan fingerprint density at radius 1 is 1.13 bits per heavy atom. The molecule has 4 rings (SSSR count). The molecule has 2 aromatic carbocycles. The lowest BCUT2D eigenvalue weighted by Gasteiger charge is -2.24. The van der Waals surface area contributed by atoms with Crippen molar-refractivity contribution in [1.82, 2.24) is 15.3 Å². The Balaban J connectivity index is 1.49. The van der Waals surface area contributed by atoms with Crippen molar-refractivity contribution >= 4 is 16.8 Å². The second kappa shape index (κ2) is 9.32. The Morgan fingerprint density at radius 3 is 2.63 bits per heavy atom.